The SMILES string of the molecule is NS(=O)(=O)CCNCc1ccc(F)c(Br)c1. The molecule has 0 spiro atoms. The van der Waals surface area contributed by atoms with Crippen LogP contribution in [0.25, 0.3) is 0 Å². The Bertz CT molecular complexity index is 465. The van der Waals surface area contributed by atoms with Gasteiger partial charge in [-0.25, -0.2) is 17.9 Å². The third kappa shape index (κ3) is 5.02. The van der Waals surface area contributed by atoms with Crippen molar-refractivity contribution in [2.24, 2.45) is 5.14 Å². The summed E-state index contributed by atoms with van der Waals surface area (Å²) in [6.45, 7) is 0.738. The van der Waals surface area contributed by atoms with E-state index in [9.17, 15) is 12.8 Å². The summed E-state index contributed by atoms with van der Waals surface area (Å²) in [6, 6.07) is 4.62. The van der Waals surface area contributed by atoms with Crippen LogP contribution in [-0.2, 0) is 16.6 Å². The highest BCUT2D eigenvalue weighted by atomic mass is 79.9. The first-order chi connectivity index (χ1) is 7.38. The van der Waals surface area contributed by atoms with E-state index in [1.54, 1.807) is 12.1 Å². The van der Waals surface area contributed by atoms with Gasteiger partial charge in [-0.15, -0.1) is 0 Å². The molecule has 3 N–H and O–H groups in total. The molecule has 0 aromatic heterocycles. The fourth-order valence-corrected chi connectivity index (χ4v) is 1.95. The Morgan fingerprint density at radius 3 is 2.69 bits per heavy atom. The van der Waals surface area contributed by atoms with Gasteiger partial charge in [0, 0.05) is 13.1 Å². The van der Waals surface area contributed by atoms with Gasteiger partial charge in [0.25, 0.3) is 0 Å². The molecule has 0 aliphatic rings. The van der Waals surface area contributed by atoms with Crippen molar-refractivity contribution in [1.82, 2.24) is 5.32 Å². The Balaban J connectivity index is 2.41. The molecular weight excluding hydrogens is 299 g/mol. The van der Waals surface area contributed by atoms with Crippen molar-refractivity contribution in [3.05, 3.63) is 34.1 Å². The fraction of sp³-hybridized carbons (Fsp3) is 0.333. The van der Waals surface area contributed by atoms with Crippen molar-refractivity contribution in [3.63, 3.8) is 0 Å². The number of rotatable bonds is 5. The minimum absolute atomic E-state index is 0.116. The van der Waals surface area contributed by atoms with Crippen LogP contribution in [0.4, 0.5) is 4.39 Å². The minimum Gasteiger partial charge on any atom is -0.312 e. The molecule has 16 heavy (non-hydrogen) atoms. The van der Waals surface area contributed by atoms with Crippen LogP contribution in [0, 0.1) is 5.82 Å². The van der Waals surface area contributed by atoms with Gasteiger partial charge in [0.2, 0.25) is 10.0 Å². The molecule has 0 saturated carbocycles. The lowest BCUT2D eigenvalue weighted by Crippen LogP contribution is -2.26. The number of nitrogens with one attached hydrogen (secondary N) is 1. The highest BCUT2D eigenvalue weighted by molar-refractivity contribution is 9.10. The van der Waals surface area contributed by atoms with Crippen LogP contribution in [0.5, 0.6) is 0 Å². The summed E-state index contributed by atoms with van der Waals surface area (Å²) in [6.07, 6.45) is 0. The maximum Gasteiger partial charge on any atom is 0.210 e. The molecule has 0 radical (unpaired) electrons. The van der Waals surface area contributed by atoms with Crippen LogP contribution >= 0.6 is 15.9 Å². The van der Waals surface area contributed by atoms with Gasteiger partial charge in [-0.3, -0.25) is 0 Å². The first-order valence-electron chi connectivity index (χ1n) is 4.53. The highest BCUT2D eigenvalue weighted by Gasteiger charge is 2.03. The highest BCUT2D eigenvalue weighted by Crippen LogP contribution is 2.16. The van der Waals surface area contributed by atoms with Crippen LogP contribution in [0.3, 0.4) is 0 Å². The molecular formula is C9H12BrFN2O2S. The van der Waals surface area contributed by atoms with E-state index in [4.69, 9.17) is 5.14 Å². The summed E-state index contributed by atoms with van der Waals surface area (Å²) in [5.74, 6) is -0.441. The van der Waals surface area contributed by atoms with Crippen molar-refractivity contribution in [3.8, 4) is 0 Å². The van der Waals surface area contributed by atoms with Crippen LogP contribution < -0.4 is 10.5 Å². The summed E-state index contributed by atoms with van der Waals surface area (Å²) in [5.41, 5.74) is 0.864. The number of halogens is 2. The molecule has 0 unspecified atom stereocenters. The molecule has 4 nitrogen and oxygen atoms in total. The topological polar surface area (TPSA) is 72.2 Å². The van der Waals surface area contributed by atoms with Gasteiger partial charge in [0.15, 0.2) is 0 Å². The van der Waals surface area contributed by atoms with Gasteiger partial charge in [-0.05, 0) is 33.6 Å². The van der Waals surface area contributed by atoms with Gasteiger partial charge < -0.3 is 5.32 Å². The zero-order valence-corrected chi connectivity index (χ0v) is 10.8. The first kappa shape index (κ1) is 13.6. The van der Waals surface area contributed by atoms with Gasteiger partial charge in [0.05, 0.1) is 10.2 Å². The minimum atomic E-state index is -3.43. The molecule has 0 bridgehead atoms. The average molecular weight is 311 g/mol. The summed E-state index contributed by atoms with van der Waals surface area (Å²) in [5, 5.41) is 7.74. The van der Waals surface area contributed by atoms with E-state index in [2.05, 4.69) is 21.2 Å². The molecule has 0 aliphatic heterocycles. The lowest BCUT2D eigenvalue weighted by Gasteiger charge is -2.04. The van der Waals surface area contributed by atoms with Gasteiger partial charge in [0.1, 0.15) is 5.82 Å². The van der Waals surface area contributed by atoms with Crippen LogP contribution in [0.1, 0.15) is 5.56 Å². The second kappa shape index (κ2) is 5.72. The number of sulfonamides is 1. The molecule has 1 aromatic rings. The van der Waals surface area contributed by atoms with Crippen molar-refractivity contribution < 1.29 is 12.8 Å². The summed E-state index contributed by atoms with van der Waals surface area (Å²) in [7, 11) is -3.43. The van der Waals surface area contributed by atoms with Crippen molar-refractivity contribution >= 4 is 26.0 Å². The molecule has 0 atom stereocenters. The molecule has 1 rings (SSSR count). The zero-order chi connectivity index (χ0) is 12.2. The van der Waals surface area contributed by atoms with Crippen molar-refractivity contribution in [2.75, 3.05) is 12.3 Å². The maximum absolute atomic E-state index is 12.9. The van der Waals surface area contributed by atoms with E-state index in [0.29, 0.717) is 11.0 Å². The van der Waals surface area contributed by atoms with Crippen LogP contribution in [-0.4, -0.2) is 20.7 Å². The molecule has 0 heterocycles. The largest absolute Gasteiger partial charge is 0.312 e. The van der Waals surface area contributed by atoms with E-state index in [1.807, 2.05) is 0 Å². The Hall–Kier alpha value is -0.500. The Morgan fingerprint density at radius 1 is 1.44 bits per heavy atom. The smallest absolute Gasteiger partial charge is 0.210 e. The second-order valence-corrected chi connectivity index (χ2v) is 5.88. The maximum atomic E-state index is 12.9. The van der Waals surface area contributed by atoms with Gasteiger partial charge in [-0.2, -0.15) is 0 Å². The first-order valence-corrected chi connectivity index (χ1v) is 7.04. The van der Waals surface area contributed by atoms with Crippen molar-refractivity contribution in [2.45, 2.75) is 6.54 Å². The Morgan fingerprint density at radius 2 is 2.12 bits per heavy atom. The molecule has 0 saturated heterocycles. The number of primary sulfonamides is 1. The number of nitrogens with two attached hydrogens (primary N) is 1. The molecule has 7 heteroatoms. The van der Waals surface area contributed by atoms with Crippen molar-refractivity contribution in [1.29, 1.82) is 0 Å². The predicted octanol–water partition coefficient (Wildman–Crippen LogP) is 0.966. The number of hydrogen-bond donors (Lipinski definition) is 2. The zero-order valence-electron chi connectivity index (χ0n) is 8.41. The lowest BCUT2D eigenvalue weighted by molar-refractivity contribution is 0.592. The number of benzene rings is 1. The van der Waals surface area contributed by atoms with Crippen LogP contribution in [0.15, 0.2) is 22.7 Å². The third-order valence-electron chi connectivity index (χ3n) is 1.88. The van der Waals surface area contributed by atoms with E-state index in [0.717, 1.165) is 5.56 Å². The monoisotopic (exact) mass is 310 g/mol. The fourth-order valence-electron chi connectivity index (χ4n) is 1.10. The van der Waals surface area contributed by atoms with Gasteiger partial charge in [-0.1, -0.05) is 6.07 Å². The number of hydrogen-bond acceptors (Lipinski definition) is 3. The Kier molecular flexibility index (Phi) is 4.85. The van der Waals surface area contributed by atoms with E-state index >= 15 is 0 Å². The third-order valence-corrected chi connectivity index (χ3v) is 3.26. The molecule has 0 aliphatic carbocycles. The predicted molar refractivity (Wildman–Crippen MR) is 63.8 cm³/mol. The molecule has 1 aromatic carbocycles. The normalized spacial score (nSPS) is 11.7. The standard InChI is InChI=1S/C9H12BrFN2O2S/c10-8-5-7(1-2-9(8)11)6-13-3-4-16(12,14)15/h1-2,5,13H,3-4,6H2,(H2,12,14,15). The molecule has 0 amide bonds. The Labute approximate surface area is 102 Å². The quantitative estimate of drug-likeness (QED) is 0.796. The molecule has 90 valence electrons. The summed E-state index contributed by atoms with van der Waals surface area (Å²) >= 11 is 3.07. The van der Waals surface area contributed by atoms with E-state index in [1.165, 1.54) is 6.07 Å². The molecule has 0 fully saturated rings. The van der Waals surface area contributed by atoms with E-state index < -0.39 is 10.0 Å². The van der Waals surface area contributed by atoms with Gasteiger partial charge >= 0.3 is 0 Å². The summed E-state index contributed by atoms with van der Waals surface area (Å²) < 4.78 is 34.5. The van der Waals surface area contributed by atoms with Crippen LogP contribution in [0.2, 0.25) is 0 Å². The van der Waals surface area contributed by atoms with E-state index in [-0.39, 0.29) is 18.1 Å². The second-order valence-electron chi connectivity index (χ2n) is 3.29. The summed E-state index contributed by atoms with van der Waals surface area (Å²) in [4.78, 5) is 0. The average Bonchev–Trinajstić information content (AvgIpc) is 2.17. The lowest BCUT2D eigenvalue weighted by atomic mass is 10.2.